The molecule has 6 heteroatoms. The van der Waals surface area contributed by atoms with Crippen LogP contribution in [-0.4, -0.2) is 36.1 Å². The quantitative estimate of drug-likeness (QED) is 0.667. The second-order valence-corrected chi connectivity index (χ2v) is 3.21. The molecule has 2 N–H and O–H groups in total. The number of aliphatic hydroxyl groups is 1. The summed E-state index contributed by atoms with van der Waals surface area (Å²) in [7, 11) is 0. The van der Waals surface area contributed by atoms with Crippen LogP contribution in [0.2, 0.25) is 0 Å². The normalized spacial score (nSPS) is 9.87. The van der Waals surface area contributed by atoms with Gasteiger partial charge in [0, 0.05) is 12.3 Å². The molecule has 0 rings (SSSR count). The molecule has 0 fully saturated rings. The van der Waals surface area contributed by atoms with Gasteiger partial charge in [-0.15, -0.1) is 0 Å². The van der Waals surface area contributed by atoms with Gasteiger partial charge >= 0.3 is 6.09 Å². The van der Waals surface area contributed by atoms with Gasteiger partial charge in [0.1, 0.15) is 19.0 Å². The molecule has 0 saturated carbocycles. The third-order valence-electron chi connectivity index (χ3n) is 1.61. The van der Waals surface area contributed by atoms with Crippen LogP contribution < -0.4 is 5.32 Å². The maximum Gasteiger partial charge on any atom is 0.413 e. The zero-order valence-corrected chi connectivity index (χ0v) is 8.78. The summed E-state index contributed by atoms with van der Waals surface area (Å²) >= 11 is 0. The molecular formula is C9H15NO5. The van der Waals surface area contributed by atoms with E-state index in [-0.39, 0.29) is 24.7 Å². The van der Waals surface area contributed by atoms with E-state index in [0.29, 0.717) is 0 Å². The van der Waals surface area contributed by atoms with Gasteiger partial charge in [0.2, 0.25) is 0 Å². The van der Waals surface area contributed by atoms with E-state index in [4.69, 9.17) is 5.11 Å². The highest BCUT2D eigenvalue weighted by Crippen LogP contribution is 1.98. The maximum absolute atomic E-state index is 11.1. The van der Waals surface area contributed by atoms with E-state index < -0.39 is 18.6 Å². The van der Waals surface area contributed by atoms with Crippen molar-refractivity contribution in [1.29, 1.82) is 0 Å². The van der Waals surface area contributed by atoms with Crippen molar-refractivity contribution in [2.75, 3.05) is 13.2 Å². The molecule has 15 heavy (non-hydrogen) atoms. The van der Waals surface area contributed by atoms with Crippen molar-refractivity contribution >= 4 is 17.8 Å². The van der Waals surface area contributed by atoms with Crippen LogP contribution >= 0.6 is 0 Å². The highest BCUT2D eigenvalue weighted by Gasteiger charge is 2.10. The maximum atomic E-state index is 11.1. The second-order valence-electron chi connectivity index (χ2n) is 3.21. The molecule has 0 aliphatic carbocycles. The van der Waals surface area contributed by atoms with Crippen LogP contribution in [0.15, 0.2) is 0 Å². The zero-order valence-electron chi connectivity index (χ0n) is 8.78. The van der Waals surface area contributed by atoms with Gasteiger partial charge in [-0.25, -0.2) is 4.79 Å². The summed E-state index contributed by atoms with van der Waals surface area (Å²) in [6.07, 6.45) is -0.830. The lowest BCUT2D eigenvalue weighted by Crippen LogP contribution is -2.33. The number of ether oxygens (including phenoxy) is 1. The van der Waals surface area contributed by atoms with Crippen molar-refractivity contribution in [3.8, 4) is 0 Å². The average molecular weight is 217 g/mol. The minimum absolute atomic E-state index is 0.0173. The smallest absolute Gasteiger partial charge is 0.413 e. The number of amides is 2. The summed E-state index contributed by atoms with van der Waals surface area (Å²) in [6.45, 7) is 2.65. The summed E-state index contributed by atoms with van der Waals surface area (Å²) < 4.78 is 4.53. The van der Waals surface area contributed by atoms with Crippen molar-refractivity contribution in [2.24, 2.45) is 5.92 Å². The van der Waals surface area contributed by atoms with Crippen molar-refractivity contribution in [3.05, 3.63) is 0 Å². The fraction of sp³-hybridized carbons (Fsp3) is 0.667. The van der Waals surface area contributed by atoms with Crippen molar-refractivity contribution in [1.82, 2.24) is 5.32 Å². The number of carbonyl (C=O) groups is 3. The summed E-state index contributed by atoms with van der Waals surface area (Å²) in [6, 6.07) is 0. The molecule has 0 aromatic rings. The summed E-state index contributed by atoms with van der Waals surface area (Å²) in [5.41, 5.74) is 0. The van der Waals surface area contributed by atoms with Gasteiger partial charge in [0.05, 0.1) is 0 Å². The lowest BCUT2D eigenvalue weighted by Gasteiger charge is -2.05. The van der Waals surface area contributed by atoms with Crippen LogP contribution in [0.4, 0.5) is 4.79 Å². The molecule has 0 aliphatic heterocycles. The Balaban J connectivity index is 3.64. The van der Waals surface area contributed by atoms with Gasteiger partial charge in [-0.3, -0.25) is 14.9 Å². The molecule has 6 nitrogen and oxygen atoms in total. The molecule has 0 aliphatic rings. The van der Waals surface area contributed by atoms with Crippen molar-refractivity contribution < 1.29 is 24.2 Å². The Morgan fingerprint density at radius 3 is 2.40 bits per heavy atom. The highest BCUT2D eigenvalue weighted by atomic mass is 16.5. The first-order chi connectivity index (χ1) is 6.97. The van der Waals surface area contributed by atoms with Gasteiger partial charge in [-0.1, -0.05) is 13.8 Å². The highest BCUT2D eigenvalue weighted by molar-refractivity contribution is 5.92. The van der Waals surface area contributed by atoms with Crippen LogP contribution in [0.1, 0.15) is 20.3 Å². The minimum atomic E-state index is -0.953. The molecular weight excluding hydrogens is 202 g/mol. The number of rotatable bonds is 5. The lowest BCUT2D eigenvalue weighted by atomic mass is 10.1. The van der Waals surface area contributed by atoms with Crippen LogP contribution in [0.5, 0.6) is 0 Å². The molecule has 0 aromatic carbocycles. The van der Waals surface area contributed by atoms with E-state index in [0.717, 1.165) is 0 Å². The van der Waals surface area contributed by atoms with Crippen molar-refractivity contribution in [2.45, 2.75) is 20.3 Å². The van der Waals surface area contributed by atoms with Crippen LogP contribution in [0.25, 0.3) is 0 Å². The monoisotopic (exact) mass is 217 g/mol. The summed E-state index contributed by atoms with van der Waals surface area (Å²) in [5, 5.41) is 10.1. The van der Waals surface area contributed by atoms with Gasteiger partial charge in [-0.05, 0) is 0 Å². The Labute approximate surface area is 87.6 Å². The number of imide groups is 1. The molecule has 0 bridgehead atoms. The molecule has 0 aromatic heterocycles. The predicted molar refractivity (Wildman–Crippen MR) is 51.0 cm³/mol. The van der Waals surface area contributed by atoms with Crippen molar-refractivity contribution in [3.63, 3.8) is 0 Å². The Morgan fingerprint density at radius 1 is 1.33 bits per heavy atom. The van der Waals surface area contributed by atoms with Gasteiger partial charge in [0.15, 0.2) is 0 Å². The zero-order chi connectivity index (χ0) is 11.8. The molecule has 0 unspecified atom stereocenters. The third kappa shape index (κ3) is 6.62. The Bertz CT molecular complexity index is 249. The third-order valence-corrected chi connectivity index (χ3v) is 1.61. The Morgan fingerprint density at radius 2 is 1.93 bits per heavy atom. The molecule has 0 atom stereocenters. The Kier molecular flexibility index (Phi) is 6.28. The number of aliphatic hydroxyl groups excluding tert-OH is 1. The number of nitrogens with one attached hydrogen (secondary N) is 1. The first-order valence-electron chi connectivity index (χ1n) is 4.57. The first-order valence-corrected chi connectivity index (χ1v) is 4.57. The molecule has 86 valence electrons. The van der Waals surface area contributed by atoms with E-state index in [9.17, 15) is 14.4 Å². The predicted octanol–water partition coefficient (Wildman–Crippen LogP) is -0.153. The summed E-state index contributed by atoms with van der Waals surface area (Å²) in [4.78, 5) is 32.4. The average Bonchev–Trinajstić information content (AvgIpc) is 2.17. The standard InChI is InChI=1S/C9H15NO5/c1-6(2)7(12)3-4-15-9(14)10-8(13)5-11/h6,11H,3-5H2,1-2H3,(H,10,13,14). The minimum Gasteiger partial charge on any atom is -0.449 e. The van der Waals surface area contributed by atoms with E-state index in [1.165, 1.54) is 0 Å². The van der Waals surface area contributed by atoms with E-state index >= 15 is 0 Å². The largest absolute Gasteiger partial charge is 0.449 e. The molecule has 0 heterocycles. The van der Waals surface area contributed by atoms with Gasteiger partial charge in [0.25, 0.3) is 5.91 Å². The van der Waals surface area contributed by atoms with Crippen LogP contribution in [0.3, 0.4) is 0 Å². The summed E-state index contributed by atoms with van der Waals surface area (Å²) in [5.74, 6) is -0.956. The Hall–Kier alpha value is -1.43. The number of Topliss-reactive ketones (excluding diaryl/α,β-unsaturated/α-hetero) is 1. The van der Waals surface area contributed by atoms with E-state index in [1.807, 2.05) is 0 Å². The number of alkyl carbamates (subject to hydrolysis) is 1. The molecule has 0 saturated heterocycles. The topological polar surface area (TPSA) is 92.7 Å². The second kappa shape index (κ2) is 6.94. The van der Waals surface area contributed by atoms with Crippen LogP contribution in [0, 0.1) is 5.92 Å². The first kappa shape index (κ1) is 13.6. The number of hydrogen-bond acceptors (Lipinski definition) is 5. The SMILES string of the molecule is CC(C)C(=O)CCOC(=O)NC(=O)CO. The van der Waals surface area contributed by atoms with E-state index in [1.54, 1.807) is 19.2 Å². The van der Waals surface area contributed by atoms with Gasteiger partial charge < -0.3 is 9.84 Å². The number of carbonyl (C=O) groups excluding carboxylic acids is 3. The number of hydrogen-bond donors (Lipinski definition) is 2. The lowest BCUT2D eigenvalue weighted by molar-refractivity contribution is -0.123. The molecule has 0 radical (unpaired) electrons. The fourth-order valence-corrected chi connectivity index (χ4v) is 0.722. The fourth-order valence-electron chi connectivity index (χ4n) is 0.722. The molecule has 2 amide bonds. The van der Waals surface area contributed by atoms with Crippen LogP contribution in [-0.2, 0) is 14.3 Å². The van der Waals surface area contributed by atoms with Gasteiger partial charge in [-0.2, -0.15) is 0 Å². The van der Waals surface area contributed by atoms with E-state index in [2.05, 4.69) is 4.74 Å². The molecule has 0 spiro atoms. The number of ketones is 1.